The van der Waals surface area contributed by atoms with Crippen molar-refractivity contribution in [1.82, 2.24) is 29.0 Å². The van der Waals surface area contributed by atoms with Gasteiger partial charge in [-0.25, -0.2) is 14.8 Å². The molecule has 3 aromatic heterocycles. The number of hydrogen-bond acceptors (Lipinski definition) is 6. The molecule has 1 fully saturated rings. The van der Waals surface area contributed by atoms with Gasteiger partial charge in [0.2, 0.25) is 5.95 Å². The van der Waals surface area contributed by atoms with Crippen LogP contribution in [0.3, 0.4) is 0 Å². The van der Waals surface area contributed by atoms with Gasteiger partial charge in [-0.05, 0) is 33.6 Å². The normalized spacial score (nSPS) is 17.4. The fourth-order valence-corrected chi connectivity index (χ4v) is 3.77. The second-order valence-corrected chi connectivity index (χ2v) is 8.83. The Morgan fingerprint density at radius 1 is 1.33 bits per heavy atom. The lowest BCUT2D eigenvalue weighted by molar-refractivity contribution is 0.0209. The lowest BCUT2D eigenvalue weighted by Gasteiger charge is -2.38. The molecule has 0 radical (unpaired) electrons. The van der Waals surface area contributed by atoms with Gasteiger partial charge in [-0.15, -0.1) is 0 Å². The molecule has 1 aliphatic heterocycles. The zero-order chi connectivity index (χ0) is 21.5. The summed E-state index contributed by atoms with van der Waals surface area (Å²) < 4.78 is 9.32. The monoisotopic (exact) mass is 411 g/mol. The predicted octanol–water partition coefficient (Wildman–Crippen LogP) is 2.97. The number of aromatic nitrogens is 5. The number of rotatable bonds is 3. The number of fused-ring (bicyclic) bond motifs is 1. The maximum absolute atomic E-state index is 12.6. The molecule has 1 atom stereocenters. The minimum absolute atomic E-state index is 0.0519. The summed E-state index contributed by atoms with van der Waals surface area (Å²) in [7, 11) is 3.70. The van der Waals surface area contributed by atoms with Crippen molar-refractivity contribution >= 4 is 17.7 Å². The summed E-state index contributed by atoms with van der Waals surface area (Å²) in [6, 6.07) is 2.02. The quantitative estimate of drug-likeness (QED) is 0.659. The molecule has 0 saturated carbocycles. The van der Waals surface area contributed by atoms with Gasteiger partial charge in [0.15, 0.2) is 0 Å². The zero-order valence-electron chi connectivity index (χ0n) is 18.2. The highest BCUT2D eigenvalue weighted by Crippen LogP contribution is 2.26. The molecule has 4 rings (SSSR count). The number of piperidine rings is 1. The molecule has 0 aliphatic carbocycles. The highest BCUT2D eigenvalue weighted by Gasteiger charge is 2.30. The van der Waals surface area contributed by atoms with Crippen LogP contribution in [0.5, 0.6) is 0 Å². The lowest BCUT2D eigenvalue weighted by Crippen LogP contribution is -2.50. The Labute approximate surface area is 176 Å². The largest absolute Gasteiger partial charge is 0.444 e. The molecule has 160 valence electrons. The molecular formula is C21H29N7O2. The maximum atomic E-state index is 12.6. The molecule has 1 aliphatic rings. The van der Waals surface area contributed by atoms with Gasteiger partial charge in [-0.1, -0.05) is 0 Å². The number of hydrogen-bond donors (Lipinski definition) is 0. The van der Waals surface area contributed by atoms with E-state index in [1.807, 2.05) is 57.7 Å². The van der Waals surface area contributed by atoms with Crippen molar-refractivity contribution in [3.63, 3.8) is 0 Å². The standard InChI is InChI=1S/C21H29N7O2/c1-21(2,3)30-20(29)26(5)16-7-6-9-27(14-16)19-24-17(15-12-23-25(4)13-15)11-18-22-8-10-28(18)19/h8,10-13,16H,6-7,9,14H2,1-5H3. The molecule has 1 saturated heterocycles. The van der Waals surface area contributed by atoms with Crippen molar-refractivity contribution < 1.29 is 9.53 Å². The average molecular weight is 412 g/mol. The third-order valence-corrected chi connectivity index (χ3v) is 5.28. The summed E-state index contributed by atoms with van der Waals surface area (Å²) in [6.07, 6.45) is 9.06. The van der Waals surface area contributed by atoms with Crippen molar-refractivity contribution in [2.45, 2.75) is 45.3 Å². The van der Waals surface area contributed by atoms with E-state index in [0.717, 1.165) is 42.2 Å². The summed E-state index contributed by atoms with van der Waals surface area (Å²) in [6.45, 7) is 7.21. The minimum atomic E-state index is -0.512. The minimum Gasteiger partial charge on any atom is -0.444 e. The first-order valence-corrected chi connectivity index (χ1v) is 10.3. The van der Waals surface area contributed by atoms with Crippen LogP contribution < -0.4 is 4.90 Å². The SMILES string of the molecule is CN(C(=O)OC(C)(C)C)C1CCCN(c2nc(-c3cnn(C)c3)cc3nccn23)C1. The first-order chi connectivity index (χ1) is 14.2. The van der Waals surface area contributed by atoms with Crippen LogP contribution in [0.4, 0.5) is 10.7 Å². The van der Waals surface area contributed by atoms with Gasteiger partial charge < -0.3 is 14.5 Å². The Balaban J connectivity index is 1.62. The van der Waals surface area contributed by atoms with Gasteiger partial charge in [0.25, 0.3) is 0 Å². The number of nitrogens with zero attached hydrogens (tertiary/aromatic N) is 7. The first kappa shape index (κ1) is 20.2. The Hall–Kier alpha value is -3.10. The van der Waals surface area contributed by atoms with Crippen LogP contribution in [0, 0.1) is 0 Å². The third-order valence-electron chi connectivity index (χ3n) is 5.28. The summed E-state index contributed by atoms with van der Waals surface area (Å²) >= 11 is 0. The van der Waals surface area contributed by atoms with E-state index in [1.165, 1.54) is 0 Å². The van der Waals surface area contributed by atoms with E-state index in [2.05, 4.69) is 15.0 Å². The molecule has 0 aromatic carbocycles. The molecule has 0 spiro atoms. The third kappa shape index (κ3) is 4.10. The van der Waals surface area contributed by atoms with Gasteiger partial charge in [-0.2, -0.15) is 5.10 Å². The number of likely N-dealkylation sites (N-methyl/N-ethyl adjacent to an activating group) is 1. The van der Waals surface area contributed by atoms with Crippen LogP contribution in [0.1, 0.15) is 33.6 Å². The number of carbonyl (C=O) groups is 1. The van der Waals surface area contributed by atoms with Crippen LogP contribution >= 0.6 is 0 Å². The van der Waals surface area contributed by atoms with Crippen LogP contribution in [0.25, 0.3) is 16.9 Å². The summed E-state index contributed by atoms with van der Waals surface area (Å²) in [4.78, 5) is 25.9. The number of ether oxygens (including phenoxy) is 1. The van der Waals surface area contributed by atoms with E-state index in [1.54, 1.807) is 22.0 Å². The van der Waals surface area contributed by atoms with E-state index >= 15 is 0 Å². The fraction of sp³-hybridized carbons (Fsp3) is 0.524. The fourth-order valence-electron chi connectivity index (χ4n) is 3.77. The topological polar surface area (TPSA) is 80.8 Å². The predicted molar refractivity (Wildman–Crippen MR) is 114 cm³/mol. The Bertz CT molecular complexity index is 1050. The van der Waals surface area contributed by atoms with E-state index in [0.29, 0.717) is 6.54 Å². The van der Waals surface area contributed by atoms with Gasteiger partial charge in [-0.3, -0.25) is 9.08 Å². The molecule has 9 heteroatoms. The van der Waals surface area contributed by atoms with Crippen molar-refractivity contribution in [3.05, 3.63) is 30.9 Å². The van der Waals surface area contributed by atoms with E-state index in [-0.39, 0.29) is 12.1 Å². The molecule has 0 bridgehead atoms. The van der Waals surface area contributed by atoms with Crippen LogP contribution in [-0.4, -0.2) is 66.9 Å². The maximum Gasteiger partial charge on any atom is 0.410 e. The summed E-state index contributed by atoms with van der Waals surface area (Å²) in [5.41, 5.74) is 2.10. The van der Waals surface area contributed by atoms with Crippen molar-refractivity contribution in [1.29, 1.82) is 0 Å². The average Bonchev–Trinajstić information content (AvgIpc) is 3.34. The molecule has 4 heterocycles. The van der Waals surface area contributed by atoms with Crippen molar-refractivity contribution in [2.75, 3.05) is 25.0 Å². The number of amides is 1. The van der Waals surface area contributed by atoms with Crippen molar-refractivity contribution in [3.8, 4) is 11.3 Å². The zero-order valence-corrected chi connectivity index (χ0v) is 18.2. The number of carbonyl (C=O) groups excluding carboxylic acids is 1. The molecule has 9 nitrogen and oxygen atoms in total. The molecular weight excluding hydrogens is 382 g/mol. The van der Waals surface area contributed by atoms with Crippen LogP contribution in [-0.2, 0) is 11.8 Å². The van der Waals surface area contributed by atoms with Gasteiger partial charge >= 0.3 is 6.09 Å². The Morgan fingerprint density at radius 2 is 2.13 bits per heavy atom. The number of anilines is 1. The van der Waals surface area contributed by atoms with Gasteiger partial charge in [0.05, 0.1) is 17.9 Å². The van der Waals surface area contributed by atoms with E-state index in [9.17, 15) is 4.79 Å². The van der Waals surface area contributed by atoms with E-state index in [4.69, 9.17) is 9.72 Å². The number of imidazole rings is 1. The second-order valence-electron chi connectivity index (χ2n) is 8.83. The Morgan fingerprint density at radius 3 is 2.83 bits per heavy atom. The van der Waals surface area contributed by atoms with Gasteiger partial charge in [0, 0.05) is 57.4 Å². The van der Waals surface area contributed by atoms with Crippen molar-refractivity contribution in [2.24, 2.45) is 7.05 Å². The molecule has 0 N–H and O–H groups in total. The smallest absolute Gasteiger partial charge is 0.410 e. The van der Waals surface area contributed by atoms with Gasteiger partial charge in [0.1, 0.15) is 11.2 Å². The van der Waals surface area contributed by atoms with E-state index < -0.39 is 5.60 Å². The first-order valence-electron chi connectivity index (χ1n) is 10.3. The highest BCUT2D eigenvalue weighted by atomic mass is 16.6. The Kier molecular flexibility index (Phi) is 5.13. The molecule has 3 aromatic rings. The summed E-state index contributed by atoms with van der Waals surface area (Å²) in [5.74, 6) is 0.825. The molecule has 1 amide bonds. The summed E-state index contributed by atoms with van der Waals surface area (Å²) in [5, 5.41) is 4.26. The highest BCUT2D eigenvalue weighted by molar-refractivity contribution is 5.68. The van der Waals surface area contributed by atoms with Crippen LogP contribution in [0.15, 0.2) is 30.9 Å². The number of aryl methyl sites for hydroxylation is 1. The second kappa shape index (κ2) is 7.62. The molecule has 30 heavy (non-hydrogen) atoms. The van der Waals surface area contributed by atoms with Crippen LogP contribution in [0.2, 0.25) is 0 Å². The molecule has 1 unspecified atom stereocenters. The lowest BCUT2D eigenvalue weighted by atomic mass is 10.1.